The minimum absolute atomic E-state index is 0.445. The second-order valence-electron chi connectivity index (χ2n) is 2.65. The molecule has 3 heteroatoms. The molecular formula is C9H8Cl2O. The summed E-state index contributed by atoms with van der Waals surface area (Å²) in [6, 6.07) is 1.69. The summed E-state index contributed by atoms with van der Waals surface area (Å²) in [5.41, 5.74) is 2.14. The number of aryl methyl sites for hydroxylation is 1. The summed E-state index contributed by atoms with van der Waals surface area (Å²) < 4.78 is 0. The molecule has 0 aromatic heterocycles. The highest BCUT2D eigenvalue weighted by molar-refractivity contribution is 6.37. The maximum atomic E-state index is 10.5. The van der Waals surface area contributed by atoms with Crippen LogP contribution in [0.5, 0.6) is 0 Å². The van der Waals surface area contributed by atoms with Crippen LogP contribution in [-0.2, 0) is 0 Å². The molecule has 64 valence electrons. The number of aldehydes is 1. The maximum absolute atomic E-state index is 10.5. The molecule has 0 amide bonds. The van der Waals surface area contributed by atoms with Crippen molar-refractivity contribution in [3.05, 3.63) is 32.8 Å². The second-order valence-corrected chi connectivity index (χ2v) is 3.41. The van der Waals surface area contributed by atoms with E-state index in [1.54, 1.807) is 13.0 Å². The summed E-state index contributed by atoms with van der Waals surface area (Å²) in [4.78, 5) is 10.5. The first-order valence-corrected chi connectivity index (χ1v) is 4.24. The van der Waals surface area contributed by atoms with Gasteiger partial charge < -0.3 is 0 Å². The smallest absolute Gasteiger partial charge is 0.151 e. The molecule has 0 heterocycles. The molecule has 0 radical (unpaired) electrons. The van der Waals surface area contributed by atoms with Crippen LogP contribution in [0.4, 0.5) is 0 Å². The molecule has 1 aromatic rings. The van der Waals surface area contributed by atoms with Crippen molar-refractivity contribution in [2.24, 2.45) is 0 Å². The van der Waals surface area contributed by atoms with Crippen LogP contribution in [0.1, 0.15) is 21.5 Å². The van der Waals surface area contributed by atoms with Crippen molar-refractivity contribution < 1.29 is 4.79 Å². The zero-order valence-corrected chi connectivity index (χ0v) is 8.33. The van der Waals surface area contributed by atoms with Crippen molar-refractivity contribution >= 4 is 29.5 Å². The normalized spacial score (nSPS) is 10.0. The highest BCUT2D eigenvalue weighted by Gasteiger charge is 2.08. The van der Waals surface area contributed by atoms with E-state index in [-0.39, 0.29) is 0 Å². The number of rotatable bonds is 1. The molecule has 0 aliphatic carbocycles. The van der Waals surface area contributed by atoms with Gasteiger partial charge in [-0.15, -0.1) is 0 Å². The molecule has 0 N–H and O–H groups in total. The summed E-state index contributed by atoms with van der Waals surface area (Å²) in [7, 11) is 0. The Morgan fingerprint density at radius 3 is 2.33 bits per heavy atom. The fourth-order valence-corrected chi connectivity index (χ4v) is 1.45. The number of carbonyl (C=O) groups excluding carboxylic acids is 1. The molecule has 1 rings (SSSR count). The van der Waals surface area contributed by atoms with E-state index in [0.717, 1.165) is 17.4 Å². The molecule has 0 saturated carbocycles. The van der Waals surface area contributed by atoms with Gasteiger partial charge in [0, 0.05) is 10.6 Å². The van der Waals surface area contributed by atoms with Crippen LogP contribution in [0.15, 0.2) is 6.07 Å². The molecular weight excluding hydrogens is 195 g/mol. The minimum atomic E-state index is 0.445. The molecule has 0 fully saturated rings. The SMILES string of the molecule is Cc1cc(C=O)c(Cl)c(C)c1Cl. The largest absolute Gasteiger partial charge is 0.298 e. The van der Waals surface area contributed by atoms with Crippen molar-refractivity contribution in [1.82, 2.24) is 0 Å². The zero-order chi connectivity index (χ0) is 9.30. The van der Waals surface area contributed by atoms with Crippen LogP contribution in [0, 0.1) is 13.8 Å². The number of hydrogen-bond acceptors (Lipinski definition) is 1. The Kier molecular flexibility index (Phi) is 2.76. The van der Waals surface area contributed by atoms with Gasteiger partial charge in [-0.1, -0.05) is 23.2 Å². The van der Waals surface area contributed by atoms with E-state index in [1.165, 1.54) is 0 Å². The Hall–Kier alpha value is -0.530. The Balaban J connectivity index is 3.49. The number of benzene rings is 1. The van der Waals surface area contributed by atoms with Crippen molar-refractivity contribution in [1.29, 1.82) is 0 Å². The van der Waals surface area contributed by atoms with Crippen molar-refractivity contribution in [3.63, 3.8) is 0 Å². The van der Waals surface area contributed by atoms with Gasteiger partial charge in [-0.2, -0.15) is 0 Å². The van der Waals surface area contributed by atoms with Crippen LogP contribution in [0.2, 0.25) is 10.0 Å². The topological polar surface area (TPSA) is 17.1 Å². The first-order chi connectivity index (χ1) is 5.57. The third-order valence-corrected chi connectivity index (χ3v) is 2.84. The lowest BCUT2D eigenvalue weighted by molar-refractivity contribution is 0.112. The molecule has 0 aliphatic rings. The van der Waals surface area contributed by atoms with E-state index in [0.29, 0.717) is 15.6 Å². The van der Waals surface area contributed by atoms with Crippen LogP contribution < -0.4 is 0 Å². The summed E-state index contributed by atoms with van der Waals surface area (Å²) in [5, 5.41) is 1.08. The van der Waals surface area contributed by atoms with Crippen molar-refractivity contribution in [3.8, 4) is 0 Å². The molecule has 0 aliphatic heterocycles. The van der Waals surface area contributed by atoms with Crippen LogP contribution in [0.3, 0.4) is 0 Å². The number of halogens is 2. The lowest BCUT2D eigenvalue weighted by Crippen LogP contribution is -1.90. The predicted octanol–water partition coefficient (Wildman–Crippen LogP) is 3.42. The van der Waals surface area contributed by atoms with Crippen molar-refractivity contribution in [2.75, 3.05) is 0 Å². The van der Waals surface area contributed by atoms with Gasteiger partial charge in [-0.05, 0) is 31.0 Å². The summed E-state index contributed by atoms with van der Waals surface area (Å²) in [6.45, 7) is 3.64. The Labute approximate surface area is 81.3 Å². The third-order valence-electron chi connectivity index (χ3n) is 1.76. The minimum Gasteiger partial charge on any atom is -0.298 e. The van der Waals surface area contributed by atoms with E-state index in [1.807, 2.05) is 6.92 Å². The first-order valence-electron chi connectivity index (χ1n) is 3.48. The summed E-state index contributed by atoms with van der Waals surface area (Å²) in [6.07, 6.45) is 0.735. The average molecular weight is 203 g/mol. The molecule has 0 saturated heterocycles. The average Bonchev–Trinajstić information content (AvgIpc) is 2.08. The summed E-state index contributed by atoms with van der Waals surface area (Å²) in [5.74, 6) is 0. The van der Waals surface area contributed by atoms with Crippen molar-refractivity contribution in [2.45, 2.75) is 13.8 Å². The second kappa shape index (κ2) is 3.46. The van der Waals surface area contributed by atoms with Gasteiger partial charge in [0.25, 0.3) is 0 Å². The molecule has 0 atom stereocenters. The Bertz CT molecular complexity index is 332. The van der Waals surface area contributed by atoms with Gasteiger partial charge in [0.15, 0.2) is 6.29 Å². The van der Waals surface area contributed by atoms with Gasteiger partial charge in [-0.25, -0.2) is 0 Å². The van der Waals surface area contributed by atoms with Gasteiger partial charge in [0.2, 0.25) is 0 Å². The van der Waals surface area contributed by atoms with Gasteiger partial charge in [0.05, 0.1) is 5.02 Å². The lowest BCUT2D eigenvalue weighted by atomic mass is 10.1. The highest BCUT2D eigenvalue weighted by atomic mass is 35.5. The van der Waals surface area contributed by atoms with Gasteiger partial charge >= 0.3 is 0 Å². The molecule has 0 spiro atoms. The fourth-order valence-electron chi connectivity index (χ4n) is 1.05. The monoisotopic (exact) mass is 202 g/mol. The van der Waals surface area contributed by atoms with E-state index in [2.05, 4.69) is 0 Å². The molecule has 12 heavy (non-hydrogen) atoms. The van der Waals surface area contributed by atoms with E-state index < -0.39 is 0 Å². The van der Waals surface area contributed by atoms with Crippen LogP contribution >= 0.6 is 23.2 Å². The maximum Gasteiger partial charge on any atom is 0.151 e. The molecule has 1 aromatic carbocycles. The van der Waals surface area contributed by atoms with E-state index >= 15 is 0 Å². The number of carbonyl (C=O) groups is 1. The summed E-state index contributed by atoms with van der Waals surface area (Å²) >= 11 is 11.8. The quantitative estimate of drug-likeness (QED) is 0.639. The first kappa shape index (κ1) is 9.56. The fraction of sp³-hybridized carbons (Fsp3) is 0.222. The van der Waals surface area contributed by atoms with E-state index in [9.17, 15) is 4.79 Å². The standard InChI is InChI=1S/C9H8Cl2O/c1-5-3-7(4-12)9(11)6(2)8(5)10/h3-4H,1-2H3. The van der Waals surface area contributed by atoms with Gasteiger partial charge in [0.1, 0.15) is 0 Å². The van der Waals surface area contributed by atoms with Crippen LogP contribution in [-0.4, -0.2) is 6.29 Å². The Morgan fingerprint density at radius 2 is 1.83 bits per heavy atom. The third kappa shape index (κ3) is 1.47. The predicted molar refractivity (Wildman–Crippen MR) is 51.3 cm³/mol. The zero-order valence-electron chi connectivity index (χ0n) is 6.82. The van der Waals surface area contributed by atoms with Crippen LogP contribution in [0.25, 0.3) is 0 Å². The Morgan fingerprint density at radius 1 is 1.25 bits per heavy atom. The van der Waals surface area contributed by atoms with E-state index in [4.69, 9.17) is 23.2 Å². The van der Waals surface area contributed by atoms with Gasteiger partial charge in [-0.3, -0.25) is 4.79 Å². The number of hydrogen-bond donors (Lipinski definition) is 0. The lowest BCUT2D eigenvalue weighted by Gasteiger charge is -2.06. The molecule has 0 unspecified atom stereocenters. The highest BCUT2D eigenvalue weighted by Crippen LogP contribution is 2.29. The molecule has 0 bridgehead atoms. The molecule has 1 nitrogen and oxygen atoms in total.